The third kappa shape index (κ3) is 4.01. The maximum Gasteiger partial charge on any atom is 0.282 e. The van der Waals surface area contributed by atoms with Gasteiger partial charge in [-0.1, -0.05) is 52.0 Å². The van der Waals surface area contributed by atoms with Crippen molar-refractivity contribution in [3.63, 3.8) is 0 Å². The summed E-state index contributed by atoms with van der Waals surface area (Å²) in [7, 11) is 0. The van der Waals surface area contributed by atoms with Crippen LogP contribution in [0.4, 0.5) is 10.1 Å². The molecule has 2 atom stereocenters. The molecule has 1 saturated heterocycles. The van der Waals surface area contributed by atoms with E-state index in [1.54, 1.807) is 12.1 Å². The van der Waals surface area contributed by atoms with E-state index in [-0.39, 0.29) is 17.6 Å². The molecule has 5 heteroatoms. The van der Waals surface area contributed by atoms with Crippen molar-refractivity contribution in [2.24, 2.45) is 11.8 Å². The molecule has 4 rings (SSSR count). The van der Waals surface area contributed by atoms with Crippen LogP contribution in [0.15, 0.2) is 54.2 Å². The maximum absolute atomic E-state index is 13.6. The normalized spacial score (nSPS) is 22.1. The summed E-state index contributed by atoms with van der Waals surface area (Å²) in [6.07, 6.45) is 1.10. The number of anilines is 1. The van der Waals surface area contributed by atoms with Crippen LogP contribution in [-0.4, -0.2) is 29.8 Å². The van der Waals surface area contributed by atoms with E-state index in [4.69, 9.17) is 0 Å². The Labute approximate surface area is 183 Å². The second-order valence-electron chi connectivity index (χ2n) is 9.27. The first-order chi connectivity index (χ1) is 14.8. The highest BCUT2D eigenvalue weighted by Crippen LogP contribution is 2.37. The van der Waals surface area contributed by atoms with Gasteiger partial charge in [0.1, 0.15) is 11.5 Å². The molecule has 0 radical (unpaired) electrons. The summed E-state index contributed by atoms with van der Waals surface area (Å²) in [6, 6.07) is 13.4. The van der Waals surface area contributed by atoms with Crippen LogP contribution in [0.1, 0.15) is 51.2 Å². The van der Waals surface area contributed by atoms with Crippen LogP contribution in [0.5, 0.6) is 0 Å². The smallest absolute Gasteiger partial charge is 0.282 e. The second-order valence-corrected chi connectivity index (χ2v) is 9.27. The van der Waals surface area contributed by atoms with Gasteiger partial charge in [0.05, 0.1) is 11.3 Å². The highest BCUT2D eigenvalue weighted by Gasteiger charge is 2.43. The van der Waals surface area contributed by atoms with E-state index >= 15 is 0 Å². The van der Waals surface area contributed by atoms with Gasteiger partial charge in [-0.15, -0.1) is 0 Å². The zero-order valence-electron chi connectivity index (χ0n) is 18.6. The van der Waals surface area contributed by atoms with E-state index in [1.165, 1.54) is 17.0 Å². The van der Waals surface area contributed by atoms with Gasteiger partial charge in [0.25, 0.3) is 11.8 Å². The molecule has 0 spiro atoms. The molecule has 162 valence electrons. The zero-order chi connectivity index (χ0) is 22.3. The average molecular weight is 421 g/mol. The minimum Gasteiger partial charge on any atom is -0.366 e. The van der Waals surface area contributed by atoms with Gasteiger partial charge in [-0.3, -0.25) is 9.59 Å². The Hall–Kier alpha value is -2.95. The number of carbonyl (C=O) groups is 2. The number of piperidine rings is 1. The Morgan fingerprint density at radius 3 is 2.00 bits per heavy atom. The molecular weight excluding hydrogens is 391 g/mol. The standard InChI is InChI=1S/C26H29FN2O2/c1-16(2)19-7-11-22(12-8-19)29-25(30)23(20-5-9-21(27)10-6-20)24(26(29)31)28-14-17(3)13-18(4)15-28/h5-12,16-18H,13-15H2,1-4H3. The highest BCUT2D eigenvalue weighted by atomic mass is 19.1. The van der Waals surface area contributed by atoms with Gasteiger partial charge in [0.15, 0.2) is 0 Å². The number of nitrogens with zero attached hydrogens (tertiary/aromatic N) is 2. The number of hydrogen-bond acceptors (Lipinski definition) is 3. The first-order valence-electron chi connectivity index (χ1n) is 11.0. The van der Waals surface area contributed by atoms with Crippen LogP contribution in [0, 0.1) is 17.7 Å². The lowest BCUT2D eigenvalue weighted by molar-refractivity contribution is -0.120. The van der Waals surface area contributed by atoms with E-state index in [0.717, 1.165) is 25.1 Å². The number of amides is 2. The lowest BCUT2D eigenvalue weighted by Gasteiger charge is -2.37. The summed E-state index contributed by atoms with van der Waals surface area (Å²) >= 11 is 0. The number of halogens is 1. The van der Waals surface area contributed by atoms with Gasteiger partial charge >= 0.3 is 0 Å². The van der Waals surface area contributed by atoms with Crippen molar-refractivity contribution in [3.05, 3.63) is 71.2 Å². The van der Waals surface area contributed by atoms with Gasteiger partial charge in [0.2, 0.25) is 0 Å². The average Bonchev–Trinajstić information content (AvgIpc) is 2.98. The molecular formula is C26H29FN2O2. The van der Waals surface area contributed by atoms with Crippen LogP contribution in [0.2, 0.25) is 0 Å². The number of likely N-dealkylation sites (tertiary alicyclic amines) is 1. The number of benzene rings is 2. The Balaban J connectivity index is 1.79. The fourth-order valence-electron chi connectivity index (χ4n) is 4.78. The molecule has 2 unspecified atom stereocenters. The lowest BCUT2D eigenvalue weighted by Crippen LogP contribution is -2.42. The Morgan fingerprint density at radius 2 is 1.45 bits per heavy atom. The van der Waals surface area contributed by atoms with Crippen molar-refractivity contribution in [1.82, 2.24) is 4.90 Å². The fraction of sp³-hybridized carbons (Fsp3) is 0.385. The number of imide groups is 1. The van der Waals surface area contributed by atoms with E-state index < -0.39 is 0 Å². The molecule has 4 nitrogen and oxygen atoms in total. The van der Waals surface area contributed by atoms with Gasteiger partial charge in [-0.2, -0.15) is 0 Å². The first kappa shape index (κ1) is 21.3. The van der Waals surface area contributed by atoms with E-state index in [2.05, 4.69) is 32.6 Å². The summed E-state index contributed by atoms with van der Waals surface area (Å²) in [5.74, 6) is 0.182. The van der Waals surface area contributed by atoms with Gasteiger partial charge in [0, 0.05) is 13.1 Å². The number of carbonyl (C=O) groups excluding carboxylic acids is 2. The molecule has 31 heavy (non-hydrogen) atoms. The summed E-state index contributed by atoms with van der Waals surface area (Å²) in [4.78, 5) is 30.5. The van der Waals surface area contributed by atoms with E-state index in [9.17, 15) is 14.0 Å². The largest absolute Gasteiger partial charge is 0.366 e. The van der Waals surface area contributed by atoms with Crippen molar-refractivity contribution in [2.45, 2.75) is 40.0 Å². The molecule has 2 aliphatic heterocycles. The molecule has 0 bridgehead atoms. The lowest BCUT2D eigenvalue weighted by atomic mass is 9.91. The Kier molecular flexibility index (Phi) is 5.69. The molecule has 2 aliphatic rings. The molecule has 0 saturated carbocycles. The van der Waals surface area contributed by atoms with E-state index in [0.29, 0.717) is 40.3 Å². The molecule has 0 aromatic heterocycles. The SMILES string of the molecule is CC1CC(C)CN(C2=C(c3ccc(F)cc3)C(=O)N(c3ccc(C(C)C)cc3)C2=O)C1. The van der Waals surface area contributed by atoms with E-state index in [1.807, 2.05) is 24.3 Å². The fourth-order valence-corrected chi connectivity index (χ4v) is 4.78. The summed E-state index contributed by atoms with van der Waals surface area (Å²) in [5.41, 5.74) is 3.07. The van der Waals surface area contributed by atoms with Crippen LogP contribution >= 0.6 is 0 Å². The Morgan fingerprint density at radius 1 is 0.871 bits per heavy atom. The van der Waals surface area contributed by atoms with Crippen LogP contribution in [-0.2, 0) is 9.59 Å². The molecule has 2 aromatic carbocycles. The first-order valence-corrected chi connectivity index (χ1v) is 11.0. The molecule has 2 heterocycles. The van der Waals surface area contributed by atoms with Crippen molar-refractivity contribution >= 4 is 23.1 Å². The zero-order valence-corrected chi connectivity index (χ0v) is 18.6. The van der Waals surface area contributed by atoms with Crippen LogP contribution in [0.25, 0.3) is 5.57 Å². The van der Waals surface area contributed by atoms with Crippen molar-refractivity contribution in [2.75, 3.05) is 18.0 Å². The molecule has 0 aliphatic carbocycles. The number of hydrogen-bond donors (Lipinski definition) is 0. The van der Waals surface area contributed by atoms with Crippen molar-refractivity contribution < 1.29 is 14.0 Å². The van der Waals surface area contributed by atoms with Gasteiger partial charge < -0.3 is 4.90 Å². The molecule has 0 N–H and O–H groups in total. The number of rotatable bonds is 4. The van der Waals surface area contributed by atoms with Crippen molar-refractivity contribution in [3.8, 4) is 0 Å². The third-order valence-corrected chi connectivity index (χ3v) is 6.20. The second kappa shape index (κ2) is 8.29. The highest BCUT2D eigenvalue weighted by molar-refractivity contribution is 6.45. The summed E-state index contributed by atoms with van der Waals surface area (Å²) < 4.78 is 13.6. The quantitative estimate of drug-likeness (QED) is 0.638. The predicted molar refractivity (Wildman–Crippen MR) is 121 cm³/mol. The minimum atomic E-state index is -0.371. The van der Waals surface area contributed by atoms with Crippen LogP contribution in [0.3, 0.4) is 0 Å². The monoisotopic (exact) mass is 420 g/mol. The van der Waals surface area contributed by atoms with Gasteiger partial charge in [-0.25, -0.2) is 9.29 Å². The third-order valence-electron chi connectivity index (χ3n) is 6.20. The minimum absolute atomic E-state index is 0.303. The Bertz CT molecular complexity index is 1010. The topological polar surface area (TPSA) is 40.6 Å². The summed E-state index contributed by atoms with van der Waals surface area (Å²) in [6.45, 7) is 10.0. The molecule has 2 amide bonds. The van der Waals surface area contributed by atoms with Gasteiger partial charge in [-0.05, 0) is 59.6 Å². The predicted octanol–water partition coefficient (Wildman–Crippen LogP) is 5.21. The maximum atomic E-state index is 13.6. The molecule has 1 fully saturated rings. The summed E-state index contributed by atoms with van der Waals surface area (Å²) in [5, 5.41) is 0. The van der Waals surface area contributed by atoms with Crippen LogP contribution < -0.4 is 4.90 Å². The molecule has 2 aromatic rings. The van der Waals surface area contributed by atoms with Crippen molar-refractivity contribution in [1.29, 1.82) is 0 Å².